The van der Waals surface area contributed by atoms with Crippen LogP contribution in [0.5, 0.6) is 11.5 Å². The Labute approximate surface area is 86.0 Å². The summed E-state index contributed by atoms with van der Waals surface area (Å²) in [4.78, 5) is 8.36. The molecule has 0 aliphatic rings. The van der Waals surface area contributed by atoms with Crippen LogP contribution in [0, 0.1) is 0 Å². The molecule has 15 heavy (non-hydrogen) atoms. The van der Waals surface area contributed by atoms with Gasteiger partial charge in [0, 0.05) is 10.8 Å². The van der Waals surface area contributed by atoms with E-state index in [1.165, 1.54) is 12.1 Å². The number of rotatable bonds is 0. The fraction of sp³-hybridized carbons (Fsp3) is 0. The number of fused-ring (bicyclic) bond motifs is 1. The van der Waals surface area contributed by atoms with Crippen molar-refractivity contribution in [1.82, 2.24) is 0 Å². The van der Waals surface area contributed by atoms with Crippen molar-refractivity contribution in [2.75, 3.05) is 0 Å². The molecule has 2 aromatic rings. The maximum Gasteiger partial charge on any atom is 0.290 e. The van der Waals surface area contributed by atoms with Gasteiger partial charge >= 0.3 is 0 Å². The summed E-state index contributed by atoms with van der Waals surface area (Å²) in [6.07, 6.45) is 0. The lowest BCUT2D eigenvalue weighted by atomic mass is 10.1. The van der Waals surface area contributed by atoms with E-state index >= 15 is 0 Å². The predicted molar refractivity (Wildman–Crippen MR) is 56.0 cm³/mol. The first-order chi connectivity index (χ1) is 7.20. The lowest BCUT2D eigenvalue weighted by molar-refractivity contribution is -0.122. The zero-order valence-electron chi connectivity index (χ0n) is 7.79. The molecular weight excluding hydrogens is 196 g/mol. The molecule has 0 bridgehead atoms. The summed E-state index contributed by atoms with van der Waals surface area (Å²) >= 11 is 0. The van der Waals surface area contributed by atoms with E-state index in [0.717, 1.165) is 0 Å². The van der Waals surface area contributed by atoms with E-state index in [2.05, 4.69) is 0 Å². The minimum absolute atomic E-state index is 0.198. The summed E-state index contributed by atoms with van der Waals surface area (Å²) in [6, 6.07) is 10.1. The molecule has 0 saturated carbocycles. The summed E-state index contributed by atoms with van der Waals surface area (Å²) in [5.74, 6) is 0.395. The van der Waals surface area contributed by atoms with Gasteiger partial charge in [-0.15, -0.1) is 0 Å². The highest BCUT2D eigenvalue weighted by Gasteiger charge is 2.01. The third kappa shape index (κ3) is 2.37. The molecule has 2 aromatic carbocycles. The highest BCUT2D eigenvalue weighted by atomic mass is 16.3. The number of hydrogen-bond acceptors (Lipinski definition) is 3. The molecule has 3 N–H and O–H groups in total. The fourth-order valence-electron chi connectivity index (χ4n) is 1.27. The standard InChI is InChI=1S/C10H8O2.CH2O2/c11-9-5-6-10(12)8-4-2-1-3-7(8)9;2-1-3/h1-6,11-12H;1H,(H,2,3). The molecule has 2 rings (SSSR count). The molecule has 0 aliphatic heterocycles. The van der Waals surface area contributed by atoms with E-state index in [1.54, 1.807) is 12.1 Å². The van der Waals surface area contributed by atoms with Gasteiger partial charge < -0.3 is 15.3 Å². The second-order valence-electron chi connectivity index (χ2n) is 2.75. The van der Waals surface area contributed by atoms with Crippen LogP contribution in [0.4, 0.5) is 0 Å². The largest absolute Gasteiger partial charge is 0.507 e. The molecule has 0 radical (unpaired) electrons. The summed E-state index contributed by atoms with van der Waals surface area (Å²) in [5, 5.41) is 27.0. The predicted octanol–water partition coefficient (Wildman–Crippen LogP) is 1.95. The Morgan fingerprint density at radius 2 is 1.20 bits per heavy atom. The van der Waals surface area contributed by atoms with Gasteiger partial charge in [0.2, 0.25) is 0 Å². The van der Waals surface area contributed by atoms with Gasteiger partial charge in [-0.25, -0.2) is 0 Å². The van der Waals surface area contributed by atoms with Gasteiger partial charge in [-0.1, -0.05) is 24.3 Å². The first kappa shape index (κ1) is 10.8. The van der Waals surface area contributed by atoms with Crippen LogP contribution in [0.15, 0.2) is 36.4 Å². The van der Waals surface area contributed by atoms with Gasteiger partial charge in [0.15, 0.2) is 0 Å². The molecule has 0 aromatic heterocycles. The van der Waals surface area contributed by atoms with Crippen LogP contribution < -0.4 is 0 Å². The average Bonchev–Trinajstić information content (AvgIpc) is 2.25. The number of phenolic OH excluding ortho intramolecular Hbond substituents is 2. The van der Waals surface area contributed by atoms with E-state index < -0.39 is 0 Å². The van der Waals surface area contributed by atoms with Crippen molar-refractivity contribution in [3.05, 3.63) is 36.4 Å². The van der Waals surface area contributed by atoms with Crippen molar-refractivity contribution in [2.45, 2.75) is 0 Å². The van der Waals surface area contributed by atoms with E-state index in [4.69, 9.17) is 9.90 Å². The fourth-order valence-corrected chi connectivity index (χ4v) is 1.27. The van der Waals surface area contributed by atoms with Crippen molar-refractivity contribution in [1.29, 1.82) is 0 Å². The van der Waals surface area contributed by atoms with Gasteiger partial charge in [-0.05, 0) is 12.1 Å². The molecule has 0 atom stereocenters. The molecule has 0 heterocycles. The smallest absolute Gasteiger partial charge is 0.290 e. The number of hydrogen-bond donors (Lipinski definition) is 3. The second-order valence-corrected chi connectivity index (χ2v) is 2.75. The Bertz CT molecular complexity index is 425. The molecule has 4 heteroatoms. The van der Waals surface area contributed by atoms with Crippen LogP contribution in [0.2, 0.25) is 0 Å². The summed E-state index contributed by atoms with van der Waals surface area (Å²) in [6.45, 7) is -0.250. The molecule has 4 nitrogen and oxygen atoms in total. The second kappa shape index (κ2) is 4.85. The Balaban J connectivity index is 0.000000337. The highest BCUT2D eigenvalue weighted by molar-refractivity contribution is 5.92. The molecular formula is C11H10O4. The zero-order valence-corrected chi connectivity index (χ0v) is 7.79. The molecule has 0 unspecified atom stereocenters. The van der Waals surface area contributed by atoms with Gasteiger partial charge in [0.05, 0.1) is 0 Å². The first-order valence-electron chi connectivity index (χ1n) is 4.18. The maximum absolute atomic E-state index is 9.38. The highest BCUT2D eigenvalue weighted by Crippen LogP contribution is 2.30. The van der Waals surface area contributed by atoms with Gasteiger partial charge in [0.25, 0.3) is 6.47 Å². The number of aromatic hydroxyl groups is 2. The molecule has 0 spiro atoms. The van der Waals surface area contributed by atoms with E-state index in [9.17, 15) is 10.2 Å². The molecule has 0 fully saturated rings. The van der Waals surface area contributed by atoms with Crippen molar-refractivity contribution >= 4 is 17.2 Å². The van der Waals surface area contributed by atoms with Crippen LogP contribution in [0.3, 0.4) is 0 Å². The van der Waals surface area contributed by atoms with Crippen LogP contribution in [0.25, 0.3) is 10.8 Å². The van der Waals surface area contributed by atoms with Gasteiger partial charge in [-0.3, -0.25) is 4.79 Å². The minimum Gasteiger partial charge on any atom is -0.507 e. The number of benzene rings is 2. The minimum atomic E-state index is -0.250. The zero-order chi connectivity index (χ0) is 11.3. The molecule has 0 aliphatic carbocycles. The Morgan fingerprint density at radius 1 is 0.867 bits per heavy atom. The first-order valence-corrected chi connectivity index (χ1v) is 4.18. The summed E-state index contributed by atoms with van der Waals surface area (Å²) < 4.78 is 0. The van der Waals surface area contributed by atoms with Crippen molar-refractivity contribution < 1.29 is 20.1 Å². The molecule has 78 valence electrons. The molecule has 0 amide bonds. The van der Waals surface area contributed by atoms with Gasteiger partial charge in [0.1, 0.15) is 11.5 Å². The van der Waals surface area contributed by atoms with Crippen LogP contribution in [0.1, 0.15) is 0 Å². The van der Waals surface area contributed by atoms with Crippen molar-refractivity contribution in [3.8, 4) is 11.5 Å². The lowest BCUT2D eigenvalue weighted by Gasteiger charge is -2.01. The Morgan fingerprint density at radius 3 is 1.53 bits per heavy atom. The summed E-state index contributed by atoms with van der Waals surface area (Å²) in [5.41, 5.74) is 0. The number of carbonyl (C=O) groups is 1. The Kier molecular flexibility index (Phi) is 3.51. The average molecular weight is 206 g/mol. The van der Waals surface area contributed by atoms with Crippen LogP contribution in [-0.4, -0.2) is 21.8 Å². The van der Waals surface area contributed by atoms with E-state index in [1.807, 2.05) is 12.1 Å². The topological polar surface area (TPSA) is 77.8 Å². The summed E-state index contributed by atoms with van der Waals surface area (Å²) in [7, 11) is 0. The van der Waals surface area contributed by atoms with Crippen molar-refractivity contribution in [3.63, 3.8) is 0 Å². The van der Waals surface area contributed by atoms with Crippen LogP contribution in [-0.2, 0) is 4.79 Å². The number of carboxylic acid groups (broad SMARTS) is 1. The quantitative estimate of drug-likeness (QED) is 0.454. The third-order valence-corrected chi connectivity index (χ3v) is 1.88. The lowest BCUT2D eigenvalue weighted by Crippen LogP contribution is -1.73. The monoisotopic (exact) mass is 206 g/mol. The third-order valence-electron chi connectivity index (χ3n) is 1.88. The van der Waals surface area contributed by atoms with E-state index in [-0.39, 0.29) is 18.0 Å². The van der Waals surface area contributed by atoms with Crippen molar-refractivity contribution in [2.24, 2.45) is 0 Å². The van der Waals surface area contributed by atoms with Crippen LogP contribution >= 0.6 is 0 Å². The van der Waals surface area contributed by atoms with E-state index in [0.29, 0.717) is 10.8 Å². The SMILES string of the molecule is O=CO.Oc1ccc(O)c2ccccc12. The normalized spacial score (nSPS) is 9.07. The molecule has 0 saturated heterocycles. The van der Waals surface area contributed by atoms with Gasteiger partial charge in [-0.2, -0.15) is 0 Å². The Hall–Kier alpha value is -2.23. The maximum atomic E-state index is 9.38. The number of phenols is 2.